The monoisotopic (exact) mass is 281 g/mol. The molecule has 2 atom stereocenters. The minimum Gasteiger partial charge on any atom is -0.387 e. The average molecular weight is 281 g/mol. The molecule has 0 amide bonds. The molecule has 0 spiro atoms. The Morgan fingerprint density at radius 2 is 1.62 bits per heavy atom. The number of rotatable bonds is 3. The van der Waals surface area contributed by atoms with E-state index in [0.29, 0.717) is 0 Å². The first-order valence-corrected chi connectivity index (χ1v) is 7.79. The zero-order valence-electron chi connectivity index (χ0n) is 12.6. The van der Waals surface area contributed by atoms with Crippen molar-refractivity contribution in [3.8, 4) is 11.1 Å². The molecule has 1 saturated heterocycles. The lowest BCUT2D eigenvalue weighted by Gasteiger charge is -2.35. The molecule has 1 heterocycles. The van der Waals surface area contributed by atoms with Crippen molar-refractivity contribution in [1.29, 1.82) is 0 Å². The molecule has 0 saturated carbocycles. The number of hydrogen-bond donors (Lipinski definition) is 1. The van der Waals surface area contributed by atoms with Crippen molar-refractivity contribution in [2.45, 2.75) is 31.4 Å². The highest BCUT2D eigenvalue weighted by Gasteiger charge is 2.27. The highest BCUT2D eigenvalue weighted by Crippen LogP contribution is 2.29. The number of likely N-dealkylation sites (N-methyl/N-ethyl adjacent to an activating group) is 1. The smallest absolute Gasteiger partial charge is 0.0945 e. The summed E-state index contributed by atoms with van der Waals surface area (Å²) in [6, 6.07) is 18.9. The van der Waals surface area contributed by atoms with Crippen molar-refractivity contribution in [1.82, 2.24) is 4.90 Å². The molecule has 3 rings (SSSR count). The third kappa shape index (κ3) is 3.17. The van der Waals surface area contributed by atoms with E-state index in [-0.39, 0.29) is 12.1 Å². The highest BCUT2D eigenvalue weighted by atomic mass is 16.3. The number of aliphatic hydroxyl groups excluding tert-OH is 1. The molecule has 0 radical (unpaired) electrons. The minimum absolute atomic E-state index is 0.251. The largest absolute Gasteiger partial charge is 0.387 e. The van der Waals surface area contributed by atoms with Crippen LogP contribution >= 0.6 is 0 Å². The van der Waals surface area contributed by atoms with Crippen molar-refractivity contribution in [2.24, 2.45) is 0 Å². The summed E-state index contributed by atoms with van der Waals surface area (Å²) in [7, 11) is 2.12. The number of hydrogen-bond acceptors (Lipinski definition) is 2. The molecule has 2 aromatic rings. The first-order valence-electron chi connectivity index (χ1n) is 7.79. The van der Waals surface area contributed by atoms with Gasteiger partial charge in [0.05, 0.1) is 6.10 Å². The van der Waals surface area contributed by atoms with Gasteiger partial charge in [-0.15, -0.1) is 0 Å². The van der Waals surface area contributed by atoms with E-state index in [1.54, 1.807) is 0 Å². The first kappa shape index (κ1) is 14.3. The second kappa shape index (κ2) is 6.42. The van der Waals surface area contributed by atoms with Gasteiger partial charge in [0.15, 0.2) is 0 Å². The van der Waals surface area contributed by atoms with Crippen LogP contribution in [0.5, 0.6) is 0 Å². The molecule has 1 N–H and O–H groups in total. The van der Waals surface area contributed by atoms with E-state index in [1.165, 1.54) is 24.0 Å². The maximum Gasteiger partial charge on any atom is 0.0945 e. The second-order valence-corrected chi connectivity index (χ2v) is 5.98. The number of benzene rings is 2. The number of nitrogens with zero attached hydrogens (tertiary/aromatic N) is 1. The van der Waals surface area contributed by atoms with Crippen molar-refractivity contribution < 1.29 is 5.11 Å². The van der Waals surface area contributed by atoms with Crippen LogP contribution in [0.4, 0.5) is 0 Å². The van der Waals surface area contributed by atoms with Crippen LogP contribution < -0.4 is 0 Å². The van der Waals surface area contributed by atoms with Gasteiger partial charge < -0.3 is 10.0 Å². The Hall–Kier alpha value is -1.64. The van der Waals surface area contributed by atoms with Crippen LogP contribution in [0.25, 0.3) is 11.1 Å². The van der Waals surface area contributed by atoms with Crippen molar-refractivity contribution >= 4 is 0 Å². The molecule has 2 heteroatoms. The maximum absolute atomic E-state index is 10.6. The number of aliphatic hydroxyl groups is 1. The fourth-order valence-corrected chi connectivity index (χ4v) is 3.23. The van der Waals surface area contributed by atoms with Crippen LogP contribution in [0.15, 0.2) is 54.6 Å². The van der Waals surface area contributed by atoms with Gasteiger partial charge in [-0.1, -0.05) is 61.0 Å². The van der Waals surface area contributed by atoms with E-state index < -0.39 is 0 Å². The van der Waals surface area contributed by atoms with E-state index in [2.05, 4.69) is 60.5 Å². The summed E-state index contributed by atoms with van der Waals surface area (Å²) >= 11 is 0. The van der Waals surface area contributed by atoms with Gasteiger partial charge in [0.1, 0.15) is 0 Å². The van der Waals surface area contributed by atoms with Crippen LogP contribution in [0.1, 0.15) is 30.9 Å². The SMILES string of the molecule is CN1CCCCC1C(O)c1ccc(-c2ccccc2)cc1. The molecule has 1 aliphatic rings. The first-order chi connectivity index (χ1) is 10.3. The van der Waals surface area contributed by atoms with Gasteiger partial charge in [0, 0.05) is 6.04 Å². The summed E-state index contributed by atoms with van der Waals surface area (Å²) in [5.74, 6) is 0. The van der Waals surface area contributed by atoms with Crippen LogP contribution in [0.3, 0.4) is 0 Å². The Kier molecular flexibility index (Phi) is 4.37. The molecular weight excluding hydrogens is 258 g/mol. The van der Waals surface area contributed by atoms with Crippen LogP contribution in [-0.4, -0.2) is 29.6 Å². The topological polar surface area (TPSA) is 23.5 Å². The van der Waals surface area contributed by atoms with Gasteiger partial charge in [-0.05, 0) is 43.1 Å². The average Bonchev–Trinajstić information content (AvgIpc) is 2.56. The van der Waals surface area contributed by atoms with Gasteiger partial charge in [-0.2, -0.15) is 0 Å². The zero-order valence-corrected chi connectivity index (χ0v) is 12.6. The van der Waals surface area contributed by atoms with Gasteiger partial charge in [-0.3, -0.25) is 0 Å². The molecule has 2 nitrogen and oxygen atoms in total. The quantitative estimate of drug-likeness (QED) is 0.923. The predicted molar refractivity (Wildman–Crippen MR) is 87.1 cm³/mol. The number of piperidine rings is 1. The molecule has 1 fully saturated rings. The standard InChI is InChI=1S/C19H23NO/c1-20-14-6-5-9-18(20)19(21)17-12-10-16(11-13-17)15-7-3-2-4-8-15/h2-4,7-8,10-13,18-19,21H,5-6,9,14H2,1H3. The molecule has 21 heavy (non-hydrogen) atoms. The molecule has 0 aromatic heterocycles. The van der Waals surface area contributed by atoms with Crippen molar-refractivity contribution in [3.63, 3.8) is 0 Å². The second-order valence-electron chi connectivity index (χ2n) is 5.98. The summed E-state index contributed by atoms with van der Waals surface area (Å²) in [5.41, 5.74) is 3.44. The van der Waals surface area contributed by atoms with E-state index in [1.807, 2.05) is 6.07 Å². The van der Waals surface area contributed by atoms with Crippen LogP contribution in [-0.2, 0) is 0 Å². The molecular formula is C19H23NO. The van der Waals surface area contributed by atoms with Gasteiger partial charge >= 0.3 is 0 Å². The lowest BCUT2D eigenvalue weighted by molar-refractivity contribution is 0.0403. The lowest BCUT2D eigenvalue weighted by Crippen LogP contribution is -2.40. The molecule has 2 unspecified atom stereocenters. The van der Waals surface area contributed by atoms with E-state index >= 15 is 0 Å². The Labute approximate surface area is 127 Å². The highest BCUT2D eigenvalue weighted by molar-refractivity contribution is 5.63. The Bertz CT molecular complexity index is 564. The Morgan fingerprint density at radius 1 is 0.952 bits per heavy atom. The molecule has 0 bridgehead atoms. The maximum atomic E-state index is 10.6. The van der Waals surface area contributed by atoms with E-state index in [0.717, 1.165) is 18.5 Å². The van der Waals surface area contributed by atoms with Crippen molar-refractivity contribution in [2.75, 3.05) is 13.6 Å². The summed E-state index contributed by atoms with van der Waals surface area (Å²) in [4.78, 5) is 2.29. The Balaban J connectivity index is 1.77. The summed E-state index contributed by atoms with van der Waals surface area (Å²) in [6.07, 6.45) is 3.15. The zero-order chi connectivity index (χ0) is 14.7. The summed E-state index contributed by atoms with van der Waals surface area (Å²) in [6.45, 7) is 1.09. The van der Waals surface area contributed by atoms with Gasteiger partial charge in [0.25, 0.3) is 0 Å². The fourth-order valence-electron chi connectivity index (χ4n) is 3.23. The normalized spacial score (nSPS) is 21.1. The minimum atomic E-state index is -0.389. The van der Waals surface area contributed by atoms with Gasteiger partial charge in [-0.25, -0.2) is 0 Å². The van der Waals surface area contributed by atoms with E-state index in [4.69, 9.17) is 0 Å². The van der Waals surface area contributed by atoms with Gasteiger partial charge in [0.2, 0.25) is 0 Å². The third-order valence-corrected chi connectivity index (χ3v) is 4.55. The molecule has 2 aromatic carbocycles. The van der Waals surface area contributed by atoms with Crippen LogP contribution in [0.2, 0.25) is 0 Å². The molecule has 110 valence electrons. The van der Waals surface area contributed by atoms with Crippen molar-refractivity contribution in [3.05, 3.63) is 60.2 Å². The predicted octanol–water partition coefficient (Wildman–Crippen LogP) is 3.87. The summed E-state index contributed by atoms with van der Waals surface area (Å²) < 4.78 is 0. The molecule has 0 aliphatic carbocycles. The third-order valence-electron chi connectivity index (χ3n) is 4.55. The summed E-state index contributed by atoms with van der Waals surface area (Å²) in [5, 5.41) is 10.6. The Morgan fingerprint density at radius 3 is 2.29 bits per heavy atom. The van der Waals surface area contributed by atoms with E-state index in [9.17, 15) is 5.11 Å². The van der Waals surface area contributed by atoms with Crippen LogP contribution in [0, 0.1) is 0 Å². The number of likely N-dealkylation sites (tertiary alicyclic amines) is 1. The molecule has 1 aliphatic heterocycles. The lowest BCUT2D eigenvalue weighted by atomic mass is 9.92. The fraction of sp³-hybridized carbons (Fsp3) is 0.368.